The Hall–Kier alpha value is -1.85. The molecule has 1 N–H and O–H groups in total. The lowest BCUT2D eigenvalue weighted by molar-refractivity contribution is 0.0322. The number of carbonyl (C=O) groups excluding carboxylic acids is 1. The topological polar surface area (TPSA) is 54.6 Å². The van der Waals surface area contributed by atoms with Crippen LogP contribution in [0.3, 0.4) is 0 Å². The SMILES string of the molecule is CC.CC(=O)c1cc2cc(OCCN3CCOCC3)ccc2[nH]1. The molecular formula is C18H26N2O3. The largest absolute Gasteiger partial charge is 0.492 e. The number of hydrogen-bond acceptors (Lipinski definition) is 4. The first-order valence-electron chi connectivity index (χ1n) is 8.29. The van der Waals surface area contributed by atoms with Gasteiger partial charge in [0, 0.05) is 37.5 Å². The monoisotopic (exact) mass is 318 g/mol. The van der Waals surface area contributed by atoms with E-state index in [4.69, 9.17) is 9.47 Å². The van der Waals surface area contributed by atoms with E-state index in [1.54, 1.807) is 6.92 Å². The van der Waals surface area contributed by atoms with Crippen molar-refractivity contribution < 1.29 is 14.3 Å². The van der Waals surface area contributed by atoms with Crippen LogP contribution in [0.4, 0.5) is 0 Å². The van der Waals surface area contributed by atoms with Crippen LogP contribution < -0.4 is 4.74 Å². The molecule has 0 radical (unpaired) electrons. The number of benzene rings is 1. The summed E-state index contributed by atoms with van der Waals surface area (Å²) in [5.74, 6) is 0.880. The Balaban J connectivity index is 0.000000924. The molecule has 5 heteroatoms. The van der Waals surface area contributed by atoms with E-state index >= 15 is 0 Å². The third kappa shape index (κ3) is 4.81. The summed E-state index contributed by atoms with van der Waals surface area (Å²) in [6.07, 6.45) is 0. The Morgan fingerprint density at radius 2 is 2.00 bits per heavy atom. The first kappa shape index (κ1) is 17.5. The molecule has 0 aliphatic carbocycles. The molecule has 0 spiro atoms. The van der Waals surface area contributed by atoms with Crippen molar-refractivity contribution in [3.8, 4) is 5.75 Å². The number of aromatic amines is 1. The summed E-state index contributed by atoms with van der Waals surface area (Å²) in [5, 5.41) is 1.00. The molecule has 0 atom stereocenters. The van der Waals surface area contributed by atoms with E-state index in [1.165, 1.54) is 0 Å². The molecule has 2 aromatic rings. The highest BCUT2D eigenvalue weighted by atomic mass is 16.5. The maximum atomic E-state index is 11.4. The number of fused-ring (bicyclic) bond motifs is 1. The second kappa shape index (κ2) is 8.70. The van der Waals surface area contributed by atoms with E-state index in [9.17, 15) is 4.79 Å². The highest BCUT2D eigenvalue weighted by molar-refractivity contribution is 5.98. The minimum atomic E-state index is 0.0426. The van der Waals surface area contributed by atoms with Crippen molar-refractivity contribution in [3.05, 3.63) is 30.0 Å². The molecule has 1 aliphatic rings. The van der Waals surface area contributed by atoms with Gasteiger partial charge in [-0.05, 0) is 24.3 Å². The van der Waals surface area contributed by atoms with Gasteiger partial charge in [0.15, 0.2) is 5.78 Å². The first-order valence-corrected chi connectivity index (χ1v) is 8.29. The normalized spacial score (nSPS) is 15.1. The Labute approximate surface area is 137 Å². The van der Waals surface area contributed by atoms with Gasteiger partial charge in [-0.3, -0.25) is 9.69 Å². The minimum absolute atomic E-state index is 0.0426. The quantitative estimate of drug-likeness (QED) is 0.861. The number of Topliss-reactive ketones (excluding diaryl/α,β-unsaturated/α-hetero) is 1. The zero-order valence-electron chi connectivity index (χ0n) is 14.2. The molecule has 1 aromatic heterocycles. The first-order chi connectivity index (χ1) is 11.2. The molecule has 3 rings (SSSR count). The fourth-order valence-corrected chi connectivity index (χ4v) is 2.51. The van der Waals surface area contributed by atoms with E-state index in [0.717, 1.165) is 49.5 Å². The Bertz CT molecular complexity index is 630. The number of carbonyl (C=O) groups is 1. The number of nitrogens with zero attached hydrogens (tertiary/aromatic N) is 1. The lowest BCUT2D eigenvalue weighted by Gasteiger charge is -2.26. The number of aromatic nitrogens is 1. The number of hydrogen-bond donors (Lipinski definition) is 1. The summed E-state index contributed by atoms with van der Waals surface area (Å²) >= 11 is 0. The third-order valence-corrected chi connectivity index (χ3v) is 3.75. The predicted octanol–water partition coefficient (Wildman–Crippen LogP) is 3.11. The van der Waals surface area contributed by atoms with Crippen LogP contribution in [0.2, 0.25) is 0 Å². The van der Waals surface area contributed by atoms with Crippen LogP contribution in [0.25, 0.3) is 10.9 Å². The number of H-pyrrole nitrogens is 1. The number of nitrogens with one attached hydrogen (secondary N) is 1. The lowest BCUT2D eigenvalue weighted by Crippen LogP contribution is -2.38. The van der Waals surface area contributed by atoms with Gasteiger partial charge in [0.05, 0.1) is 18.9 Å². The van der Waals surface area contributed by atoms with Crippen molar-refractivity contribution in [2.45, 2.75) is 20.8 Å². The van der Waals surface area contributed by atoms with Crippen LogP contribution in [0, 0.1) is 0 Å². The molecule has 23 heavy (non-hydrogen) atoms. The Kier molecular flexibility index (Phi) is 6.62. The third-order valence-electron chi connectivity index (χ3n) is 3.75. The van der Waals surface area contributed by atoms with Crippen LogP contribution in [-0.4, -0.2) is 55.1 Å². The van der Waals surface area contributed by atoms with Gasteiger partial charge in [-0.2, -0.15) is 0 Å². The number of rotatable bonds is 5. The molecule has 1 aromatic carbocycles. The molecule has 0 saturated carbocycles. The maximum absolute atomic E-state index is 11.4. The molecule has 1 saturated heterocycles. The van der Waals surface area contributed by atoms with Crippen LogP contribution in [-0.2, 0) is 4.74 Å². The van der Waals surface area contributed by atoms with Crippen molar-refractivity contribution >= 4 is 16.7 Å². The van der Waals surface area contributed by atoms with E-state index in [-0.39, 0.29) is 5.78 Å². The predicted molar refractivity (Wildman–Crippen MR) is 92.4 cm³/mol. The second-order valence-corrected chi connectivity index (χ2v) is 5.29. The van der Waals surface area contributed by atoms with E-state index in [1.807, 2.05) is 38.1 Å². The molecule has 126 valence electrons. The van der Waals surface area contributed by atoms with E-state index < -0.39 is 0 Å². The Morgan fingerprint density at radius 3 is 2.70 bits per heavy atom. The van der Waals surface area contributed by atoms with E-state index in [2.05, 4.69) is 9.88 Å². The van der Waals surface area contributed by atoms with E-state index in [0.29, 0.717) is 12.3 Å². The molecule has 1 fully saturated rings. The van der Waals surface area contributed by atoms with Gasteiger partial charge < -0.3 is 14.5 Å². The van der Waals surface area contributed by atoms with Gasteiger partial charge in [-0.25, -0.2) is 0 Å². The molecule has 0 unspecified atom stereocenters. The van der Waals surface area contributed by atoms with Gasteiger partial charge in [-0.15, -0.1) is 0 Å². The number of morpholine rings is 1. The highest BCUT2D eigenvalue weighted by Gasteiger charge is 2.10. The van der Waals surface area contributed by atoms with Gasteiger partial charge in [0.25, 0.3) is 0 Å². The Morgan fingerprint density at radius 1 is 1.26 bits per heavy atom. The van der Waals surface area contributed by atoms with Gasteiger partial charge >= 0.3 is 0 Å². The van der Waals surface area contributed by atoms with Crippen molar-refractivity contribution in [3.63, 3.8) is 0 Å². The lowest BCUT2D eigenvalue weighted by atomic mass is 10.2. The fourth-order valence-electron chi connectivity index (χ4n) is 2.51. The van der Waals surface area contributed by atoms with Crippen molar-refractivity contribution in [1.29, 1.82) is 0 Å². The average molecular weight is 318 g/mol. The summed E-state index contributed by atoms with van der Waals surface area (Å²) in [4.78, 5) is 16.8. The molecule has 1 aliphatic heterocycles. The molecule has 5 nitrogen and oxygen atoms in total. The highest BCUT2D eigenvalue weighted by Crippen LogP contribution is 2.22. The summed E-state index contributed by atoms with van der Waals surface area (Å²) in [7, 11) is 0. The maximum Gasteiger partial charge on any atom is 0.175 e. The van der Waals surface area contributed by atoms with Gasteiger partial charge in [0.1, 0.15) is 12.4 Å². The molecule has 0 bridgehead atoms. The van der Waals surface area contributed by atoms with Crippen LogP contribution in [0.5, 0.6) is 5.75 Å². The average Bonchev–Trinajstić information content (AvgIpc) is 3.01. The van der Waals surface area contributed by atoms with Gasteiger partial charge in [0.2, 0.25) is 0 Å². The zero-order valence-corrected chi connectivity index (χ0v) is 14.2. The summed E-state index contributed by atoms with van der Waals surface area (Å²) in [6.45, 7) is 10.7. The van der Waals surface area contributed by atoms with Crippen LogP contribution >= 0.6 is 0 Å². The molecule has 2 heterocycles. The van der Waals surface area contributed by atoms with Crippen molar-refractivity contribution in [2.24, 2.45) is 0 Å². The number of ketones is 1. The smallest absolute Gasteiger partial charge is 0.175 e. The molecule has 0 amide bonds. The van der Waals surface area contributed by atoms with Gasteiger partial charge in [-0.1, -0.05) is 13.8 Å². The number of ether oxygens (including phenoxy) is 2. The minimum Gasteiger partial charge on any atom is -0.492 e. The van der Waals surface area contributed by atoms with Crippen LogP contribution in [0.15, 0.2) is 24.3 Å². The van der Waals surface area contributed by atoms with Crippen LogP contribution in [0.1, 0.15) is 31.3 Å². The standard InChI is InChI=1S/C16H20N2O3.C2H6/c1-12(19)16-11-13-10-14(2-3-15(13)17-16)21-9-6-18-4-7-20-8-5-18;1-2/h2-3,10-11,17H,4-9H2,1H3;1-2H3. The summed E-state index contributed by atoms with van der Waals surface area (Å²) in [5.41, 5.74) is 1.59. The second-order valence-electron chi connectivity index (χ2n) is 5.29. The van der Waals surface area contributed by atoms with Crippen molar-refractivity contribution in [2.75, 3.05) is 39.5 Å². The summed E-state index contributed by atoms with van der Waals surface area (Å²) in [6, 6.07) is 7.72. The fraction of sp³-hybridized carbons (Fsp3) is 0.500. The summed E-state index contributed by atoms with van der Waals surface area (Å²) < 4.78 is 11.1. The van der Waals surface area contributed by atoms with Crippen molar-refractivity contribution in [1.82, 2.24) is 9.88 Å². The molecular weight excluding hydrogens is 292 g/mol. The zero-order chi connectivity index (χ0) is 16.7.